The van der Waals surface area contributed by atoms with Crippen LogP contribution in [-0.2, 0) is 0 Å². The summed E-state index contributed by atoms with van der Waals surface area (Å²) in [5, 5.41) is 46.8. The largest absolute Gasteiger partial charge is 1.00 e. The average Bonchev–Trinajstić information content (AvgIpc) is 2.70. The fourth-order valence-electron chi connectivity index (χ4n) is 1.44. The van der Waals surface area contributed by atoms with Gasteiger partial charge in [-0.15, -0.1) is 0 Å². The number of halogens is 5. The summed E-state index contributed by atoms with van der Waals surface area (Å²) >= 11 is 8.20. The molecule has 0 bridgehead atoms. The van der Waals surface area contributed by atoms with E-state index in [1.54, 1.807) is 0 Å². The van der Waals surface area contributed by atoms with Gasteiger partial charge in [0.15, 0.2) is 17.8 Å². The normalized spacial score (nSPS) is 8.70. The summed E-state index contributed by atoms with van der Waals surface area (Å²) in [4.78, 5) is 25.0. The van der Waals surface area contributed by atoms with Crippen molar-refractivity contribution in [2.75, 3.05) is 7.11 Å². The minimum absolute atomic E-state index is 0. The first kappa shape index (κ1) is 33.6. The quantitative estimate of drug-likeness (QED) is 0.208. The van der Waals surface area contributed by atoms with Crippen molar-refractivity contribution in [2.24, 2.45) is 0 Å². The predicted molar refractivity (Wildman–Crippen MR) is 106 cm³/mol. The second-order valence-corrected chi connectivity index (χ2v) is 5.18. The summed E-state index contributed by atoms with van der Waals surface area (Å²) in [6.07, 6.45) is 0.702. The molecule has 0 fully saturated rings. The summed E-state index contributed by atoms with van der Waals surface area (Å²) < 4.78 is 25.2. The molecule has 0 atom stereocenters. The number of pyridine rings is 2. The fraction of sp³-hybridized carbons (Fsp3) is 0.231. The van der Waals surface area contributed by atoms with Crippen LogP contribution in [0.4, 0.5) is 20.4 Å². The van der Waals surface area contributed by atoms with Crippen molar-refractivity contribution in [2.45, 2.75) is 13.8 Å². The van der Waals surface area contributed by atoms with E-state index in [4.69, 9.17) is 15.3 Å². The predicted octanol–water partition coefficient (Wildman–Crippen LogP) is 0.720. The number of aromatic hydroxyl groups is 2. The molecular weight excluding hydrogens is 625 g/mol. The molecule has 0 aliphatic carbocycles. The van der Waals surface area contributed by atoms with Crippen molar-refractivity contribution >= 4 is 55.8 Å². The fourth-order valence-corrected chi connectivity index (χ4v) is 1.90. The first-order valence-electron chi connectivity index (χ1n) is 6.71. The first-order chi connectivity index (χ1) is 13.5. The molecule has 0 saturated heterocycles. The molecule has 2 aromatic rings. The van der Waals surface area contributed by atoms with E-state index in [1.165, 1.54) is 13.8 Å². The maximum atomic E-state index is 12.9. The van der Waals surface area contributed by atoms with Gasteiger partial charge in [0.1, 0.15) is 0 Å². The van der Waals surface area contributed by atoms with Gasteiger partial charge in [-0.3, -0.25) is 0 Å². The van der Waals surface area contributed by atoms with Crippen LogP contribution in [0.2, 0.25) is 0 Å². The Kier molecular flexibility index (Phi) is 18.6. The van der Waals surface area contributed by atoms with Gasteiger partial charge < -0.3 is 35.5 Å². The van der Waals surface area contributed by atoms with Crippen LogP contribution in [0.1, 0.15) is 11.1 Å². The zero-order valence-corrected chi connectivity index (χ0v) is 22.4. The molecule has 2 N–H and O–H groups in total. The van der Waals surface area contributed by atoms with Crippen molar-refractivity contribution in [1.29, 1.82) is 0 Å². The van der Waals surface area contributed by atoms with Crippen molar-refractivity contribution in [3.63, 3.8) is 0 Å². The van der Waals surface area contributed by atoms with Gasteiger partial charge in [0, 0.05) is 55.3 Å². The van der Waals surface area contributed by atoms with Gasteiger partial charge in [0.25, 0.3) is 4.60 Å². The Hall–Kier alpha value is -1.04. The molecule has 0 spiro atoms. The van der Waals surface area contributed by atoms with E-state index in [-0.39, 0.29) is 45.3 Å². The van der Waals surface area contributed by atoms with E-state index in [9.17, 15) is 29.0 Å². The van der Waals surface area contributed by atoms with E-state index < -0.39 is 44.6 Å². The Balaban J connectivity index is -0.000000406. The van der Waals surface area contributed by atoms with E-state index in [0.717, 1.165) is 7.11 Å². The zero-order chi connectivity index (χ0) is 23.5. The zero-order valence-electron chi connectivity index (χ0n) is 15.7. The van der Waals surface area contributed by atoms with Crippen molar-refractivity contribution < 1.29 is 63.5 Å². The summed E-state index contributed by atoms with van der Waals surface area (Å²) in [6, 6.07) is 0. The molecule has 0 amide bonds. The minimum Gasteiger partial charge on any atom is -0.857 e. The maximum absolute atomic E-state index is 12.9. The van der Waals surface area contributed by atoms with Gasteiger partial charge >= 0.3 is 41.2 Å². The smallest absolute Gasteiger partial charge is 0.857 e. The van der Waals surface area contributed by atoms with Gasteiger partial charge in [-0.25, -0.2) is 8.78 Å². The summed E-state index contributed by atoms with van der Waals surface area (Å²) in [6.45, 7) is 2.46. The summed E-state index contributed by atoms with van der Waals surface area (Å²) in [5.41, 5.74) is -0.370. The molecule has 30 heavy (non-hydrogen) atoms. The van der Waals surface area contributed by atoms with Crippen LogP contribution >= 0.6 is 44.2 Å². The molecule has 11 nitrogen and oxygen atoms in total. The second-order valence-electron chi connectivity index (χ2n) is 4.43. The number of rotatable bonds is 2. The van der Waals surface area contributed by atoms with Crippen LogP contribution in [0.5, 0.6) is 11.5 Å². The van der Waals surface area contributed by atoms with Gasteiger partial charge in [0.2, 0.25) is 11.5 Å². The third-order valence-electron chi connectivity index (χ3n) is 2.85. The molecule has 2 heterocycles. The van der Waals surface area contributed by atoms with Crippen LogP contribution in [0.25, 0.3) is 0 Å². The van der Waals surface area contributed by atoms with Crippen LogP contribution < -0.4 is 34.7 Å². The molecule has 0 unspecified atom stereocenters. The van der Waals surface area contributed by atoms with Gasteiger partial charge in [-0.2, -0.15) is 7.11 Å². The second kappa shape index (κ2) is 16.6. The topological polar surface area (TPSA) is 176 Å². The van der Waals surface area contributed by atoms with Crippen LogP contribution in [-0.4, -0.2) is 37.1 Å². The van der Waals surface area contributed by atoms with E-state index in [1.807, 2.05) is 0 Å². The Bertz CT molecular complexity index is 881. The molecule has 162 valence electrons. The minimum atomic E-state index is -0.882. The van der Waals surface area contributed by atoms with Gasteiger partial charge in [0.05, 0.1) is 0 Å². The molecule has 17 heteroatoms. The average molecular weight is 637 g/mol. The molecule has 0 saturated carbocycles. The van der Waals surface area contributed by atoms with E-state index >= 15 is 0 Å². The number of hydrogen-bond donors (Lipinski definition) is 2. The van der Waals surface area contributed by atoms with Crippen molar-refractivity contribution in [3.05, 3.63) is 53.8 Å². The Morgan fingerprint density at radius 1 is 0.967 bits per heavy atom. The monoisotopic (exact) mass is 634 g/mol. The molecule has 2 aromatic heterocycles. The standard InChI is InChI=1S/C6H4BrFN2O3.C6H5FN2O3.CH3O.Br2.Na/c1-2-3(8)5(7)9-6(4(2)11)10(12)13;1-3-4(7)2-8-6(5(3)10)9(11)12;2*1-2;/h11H,1H3;2,10H,1H3;1H3;;/q;;-1;;+1. The Morgan fingerprint density at radius 2 is 1.37 bits per heavy atom. The maximum Gasteiger partial charge on any atom is 1.00 e. The molecule has 0 aliphatic rings. The molecular formula is C13H12Br3F2N4NaO7. The van der Waals surface area contributed by atoms with Crippen LogP contribution in [0, 0.1) is 45.7 Å². The van der Waals surface area contributed by atoms with Crippen molar-refractivity contribution in [3.8, 4) is 11.5 Å². The number of aromatic nitrogens is 2. The summed E-state index contributed by atoms with van der Waals surface area (Å²) in [5.74, 6) is -4.52. The van der Waals surface area contributed by atoms with Crippen LogP contribution in [0.15, 0.2) is 10.8 Å². The molecule has 0 aliphatic heterocycles. The number of nitrogens with zero attached hydrogens (tertiary/aromatic N) is 4. The SMILES string of the molecule is BrBr.C[O-].Cc1c(F)cnc([N+](=O)[O-])c1O.Cc1c(O)c([N+](=O)[O-])nc(Br)c1F.[Na+]. The van der Waals surface area contributed by atoms with E-state index in [0.29, 0.717) is 6.20 Å². The first-order valence-corrected chi connectivity index (χ1v) is 11.2. The van der Waals surface area contributed by atoms with E-state index in [2.05, 4.69) is 54.2 Å². The van der Waals surface area contributed by atoms with Crippen LogP contribution in [0.3, 0.4) is 0 Å². The van der Waals surface area contributed by atoms with Gasteiger partial charge in [-0.1, -0.05) is 0 Å². The molecule has 2 rings (SSSR count). The third-order valence-corrected chi connectivity index (χ3v) is 3.38. The van der Waals surface area contributed by atoms with Gasteiger partial charge in [-0.05, 0) is 33.7 Å². The molecule has 0 aromatic carbocycles. The molecule has 0 radical (unpaired) electrons. The van der Waals surface area contributed by atoms with Crippen molar-refractivity contribution in [1.82, 2.24) is 9.97 Å². The third kappa shape index (κ3) is 9.40. The number of nitro groups is 2. The Morgan fingerprint density at radius 3 is 1.77 bits per heavy atom. The number of hydrogen-bond acceptors (Lipinski definition) is 9. The summed E-state index contributed by atoms with van der Waals surface area (Å²) in [7, 11) is 0.750. The Labute approximate surface area is 214 Å².